The van der Waals surface area contributed by atoms with Crippen molar-refractivity contribution in [3.8, 4) is 0 Å². The molecule has 0 aromatic heterocycles. The summed E-state index contributed by atoms with van der Waals surface area (Å²) in [5, 5.41) is 34.6. The zero-order valence-electron chi connectivity index (χ0n) is 33.1. The Morgan fingerprint density at radius 2 is 1.71 bits per heavy atom. The zero-order chi connectivity index (χ0) is 38.0. The molecule has 5 rings (SSSR count). The Morgan fingerprint density at radius 1 is 1.04 bits per heavy atom. The standard InChI is InChI=1S/C38H67NO12/c1-14-26(40)37(11,43)32-21(6)29-19(4)16-36(10,50-29)31(49-35-28(41)25(15-20(5)45-35)39(12)18(2)3)22(7)30(23(8)34(42)48-32)47-27-17-38(44-13)33(51-38)24(9)46-27/h18-33,35,40-41,43H,14-17H2,1-13H3/t19?,20?,21-,22-,23+,24?,25?,26+,27-,28?,29?,30+,31+,32+,33-,35-,36+,37+,38?/m0/s1. The molecule has 5 saturated heterocycles. The van der Waals surface area contributed by atoms with Crippen LogP contribution in [0.5, 0.6) is 0 Å². The molecule has 0 aromatic rings. The van der Waals surface area contributed by atoms with Crippen LogP contribution in [0, 0.1) is 23.7 Å². The maximum Gasteiger partial charge on any atom is 0.311 e. The molecule has 13 heteroatoms. The zero-order valence-corrected chi connectivity index (χ0v) is 33.1. The van der Waals surface area contributed by atoms with E-state index in [9.17, 15) is 20.1 Å². The molecule has 51 heavy (non-hydrogen) atoms. The first-order valence-electron chi connectivity index (χ1n) is 19.2. The summed E-state index contributed by atoms with van der Waals surface area (Å²) in [4.78, 5) is 16.5. The number of methoxy groups -OCH3 is 1. The largest absolute Gasteiger partial charge is 0.459 e. The van der Waals surface area contributed by atoms with Gasteiger partial charge in [0.15, 0.2) is 12.6 Å². The van der Waals surface area contributed by atoms with Crippen LogP contribution < -0.4 is 0 Å². The number of carbonyl (C=O) groups excluding carboxylic acids is 1. The molecule has 0 aromatic carbocycles. The van der Waals surface area contributed by atoms with Crippen LogP contribution in [0.1, 0.15) is 102 Å². The van der Waals surface area contributed by atoms with E-state index in [1.165, 1.54) is 6.92 Å². The van der Waals surface area contributed by atoms with Crippen LogP contribution in [0.2, 0.25) is 0 Å². The molecule has 3 N–H and O–H groups in total. The van der Waals surface area contributed by atoms with Crippen molar-refractivity contribution in [3.63, 3.8) is 0 Å². The summed E-state index contributed by atoms with van der Waals surface area (Å²) in [5.74, 6) is -3.37. The molecule has 0 amide bonds. The molecule has 13 nitrogen and oxygen atoms in total. The van der Waals surface area contributed by atoms with Crippen molar-refractivity contribution in [2.75, 3.05) is 14.2 Å². The van der Waals surface area contributed by atoms with Crippen molar-refractivity contribution in [3.05, 3.63) is 0 Å². The van der Waals surface area contributed by atoms with Crippen LogP contribution in [-0.4, -0.2) is 137 Å². The number of aliphatic hydroxyl groups excluding tert-OH is 2. The average Bonchev–Trinajstić information content (AvgIpc) is 3.73. The van der Waals surface area contributed by atoms with E-state index in [1.807, 2.05) is 41.7 Å². The van der Waals surface area contributed by atoms with Crippen molar-refractivity contribution in [1.82, 2.24) is 4.90 Å². The number of fused-ring (bicyclic) bond motifs is 3. The minimum atomic E-state index is -1.77. The summed E-state index contributed by atoms with van der Waals surface area (Å²) in [6.07, 6.45) is -5.94. The SMILES string of the molecule is CC[C@@H](O)[C@@](C)(O)[C@@H]1OC(=O)[C@H](C)[C@H](O[C@H]2CC3(OC)O[C@H]3C(C)O2)[C@H](C)[C@@H](O[C@@H]2OC(C)CC(N(C)C(C)C)C2O)[C@@]2(C)CC(C)C(O2)[C@@H]1C. The lowest BCUT2D eigenvalue weighted by Gasteiger charge is -2.48. The third-order valence-corrected chi connectivity index (χ3v) is 12.9. The lowest BCUT2D eigenvalue weighted by molar-refractivity contribution is -0.309. The van der Waals surface area contributed by atoms with Gasteiger partial charge in [0.2, 0.25) is 5.79 Å². The van der Waals surface area contributed by atoms with Crippen LogP contribution in [-0.2, 0) is 42.7 Å². The van der Waals surface area contributed by atoms with Gasteiger partial charge in [0.05, 0.1) is 54.6 Å². The number of aliphatic hydroxyl groups is 3. The lowest BCUT2D eigenvalue weighted by Crippen LogP contribution is -2.60. The first-order valence-corrected chi connectivity index (χ1v) is 19.2. The van der Waals surface area contributed by atoms with Gasteiger partial charge < -0.3 is 53.2 Å². The fraction of sp³-hybridized carbons (Fsp3) is 0.974. The molecule has 0 aliphatic carbocycles. The van der Waals surface area contributed by atoms with Crippen LogP contribution >= 0.6 is 0 Å². The second-order valence-electron chi connectivity index (χ2n) is 17.1. The van der Waals surface area contributed by atoms with Gasteiger partial charge in [-0.2, -0.15) is 0 Å². The predicted octanol–water partition coefficient (Wildman–Crippen LogP) is 3.38. The van der Waals surface area contributed by atoms with E-state index >= 15 is 0 Å². The molecule has 5 fully saturated rings. The molecule has 19 atom stereocenters. The molecule has 5 aliphatic rings. The smallest absolute Gasteiger partial charge is 0.311 e. The highest BCUT2D eigenvalue weighted by molar-refractivity contribution is 5.73. The Kier molecular flexibility index (Phi) is 12.3. The van der Waals surface area contributed by atoms with Gasteiger partial charge in [0.25, 0.3) is 0 Å². The number of rotatable bonds is 10. The third kappa shape index (κ3) is 7.78. The quantitative estimate of drug-likeness (QED) is 0.222. The number of hydrogen-bond donors (Lipinski definition) is 3. The first-order chi connectivity index (χ1) is 23.7. The summed E-state index contributed by atoms with van der Waals surface area (Å²) in [5.41, 5.74) is -2.70. The van der Waals surface area contributed by atoms with E-state index in [0.29, 0.717) is 19.3 Å². The molecule has 7 unspecified atom stereocenters. The van der Waals surface area contributed by atoms with Crippen LogP contribution in [0.4, 0.5) is 0 Å². The Hall–Kier alpha value is -0.970. The molecule has 5 heterocycles. The van der Waals surface area contributed by atoms with Gasteiger partial charge in [-0.1, -0.05) is 27.7 Å². The van der Waals surface area contributed by atoms with E-state index in [2.05, 4.69) is 25.7 Å². The minimum Gasteiger partial charge on any atom is -0.459 e. The number of ether oxygens (including phenoxy) is 8. The number of carbonyl (C=O) groups is 1. The Bertz CT molecular complexity index is 1210. The average molecular weight is 730 g/mol. The topological polar surface area (TPSA) is 158 Å². The van der Waals surface area contributed by atoms with E-state index in [0.717, 1.165) is 0 Å². The van der Waals surface area contributed by atoms with E-state index in [1.54, 1.807) is 21.0 Å². The summed E-state index contributed by atoms with van der Waals surface area (Å²) in [7, 11) is 3.60. The Labute approximate surface area is 304 Å². The molecule has 296 valence electrons. The molecule has 0 radical (unpaired) electrons. The molecular formula is C38H67NO12. The van der Waals surface area contributed by atoms with Gasteiger partial charge in [-0.3, -0.25) is 9.69 Å². The van der Waals surface area contributed by atoms with Gasteiger partial charge in [-0.05, 0) is 80.7 Å². The highest BCUT2D eigenvalue weighted by Crippen LogP contribution is 2.51. The molecule has 5 aliphatic heterocycles. The monoisotopic (exact) mass is 729 g/mol. The number of hydrogen-bond acceptors (Lipinski definition) is 13. The highest BCUT2D eigenvalue weighted by Gasteiger charge is 2.66. The molecule has 0 spiro atoms. The maximum absolute atomic E-state index is 14.3. The van der Waals surface area contributed by atoms with Crippen molar-refractivity contribution < 1.29 is 58.0 Å². The van der Waals surface area contributed by atoms with Crippen LogP contribution in [0.3, 0.4) is 0 Å². The second-order valence-corrected chi connectivity index (χ2v) is 17.1. The first kappa shape index (κ1) is 41.2. The number of esters is 1. The van der Waals surface area contributed by atoms with E-state index < -0.39 is 89.9 Å². The van der Waals surface area contributed by atoms with Crippen molar-refractivity contribution in [2.24, 2.45) is 23.7 Å². The molecule has 0 saturated carbocycles. The summed E-state index contributed by atoms with van der Waals surface area (Å²) >= 11 is 0. The van der Waals surface area contributed by atoms with Gasteiger partial charge in [0, 0.05) is 31.0 Å². The molecular weight excluding hydrogens is 662 g/mol. The highest BCUT2D eigenvalue weighted by atomic mass is 16.8. The van der Waals surface area contributed by atoms with Crippen molar-refractivity contribution in [1.29, 1.82) is 0 Å². The minimum absolute atomic E-state index is 0.0423. The molecule has 2 bridgehead atoms. The number of epoxide rings is 1. The fourth-order valence-corrected chi connectivity index (χ4v) is 9.60. The van der Waals surface area contributed by atoms with Crippen LogP contribution in [0.15, 0.2) is 0 Å². The third-order valence-electron chi connectivity index (χ3n) is 12.9. The van der Waals surface area contributed by atoms with Crippen LogP contribution in [0.25, 0.3) is 0 Å². The summed E-state index contributed by atoms with van der Waals surface area (Å²) < 4.78 is 51.4. The summed E-state index contributed by atoms with van der Waals surface area (Å²) in [6, 6.07) is -0.0152. The van der Waals surface area contributed by atoms with Crippen molar-refractivity contribution in [2.45, 2.75) is 198 Å². The predicted molar refractivity (Wildman–Crippen MR) is 186 cm³/mol. The van der Waals surface area contributed by atoms with Gasteiger partial charge in [-0.15, -0.1) is 0 Å². The van der Waals surface area contributed by atoms with Crippen molar-refractivity contribution >= 4 is 5.97 Å². The maximum atomic E-state index is 14.3. The summed E-state index contributed by atoms with van der Waals surface area (Å²) in [6.45, 7) is 21.1. The number of cyclic esters (lactones) is 1. The fourth-order valence-electron chi connectivity index (χ4n) is 9.60. The van der Waals surface area contributed by atoms with Gasteiger partial charge in [0.1, 0.15) is 23.9 Å². The van der Waals surface area contributed by atoms with E-state index in [4.69, 9.17) is 37.9 Å². The van der Waals surface area contributed by atoms with Gasteiger partial charge in [-0.25, -0.2) is 0 Å². The number of nitrogens with zero attached hydrogens (tertiary/aromatic N) is 1. The Balaban J connectivity index is 1.57. The number of likely N-dealkylation sites (N-methyl/N-ethyl adjacent to an activating group) is 1. The lowest BCUT2D eigenvalue weighted by atomic mass is 9.76. The normalized spacial score (nSPS) is 49.5. The Morgan fingerprint density at radius 3 is 2.31 bits per heavy atom. The van der Waals surface area contributed by atoms with E-state index in [-0.39, 0.29) is 42.7 Å². The van der Waals surface area contributed by atoms with Gasteiger partial charge >= 0.3 is 5.97 Å². The second kappa shape index (κ2) is 15.3.